The van der Waals surface area contributed by atoms with Gasteiger partial charge < -0.3 is 15.4 Å². The average Bonchev–Trinajstić information content (AvgIpc) is 2.95. The Kier molecular flexibility index (Phi) is 9.12. The van der Waals surface area contributed by atoms with Gasteiger partial charge in [0, 0.05) is 43.9 Å². The van der Waals surface area contributed by atoms with E-state index in [9.17, 15) is 8.42 Å². The normalized spacial score (nSPS) is 12.4. The lowest BCUT2D eigenvalue weighted by atomic mass is 10.4. The average molecular weight is 363 g/mol. The molecule has 0 aliphatic rings. The first-order valence-electron chi connectivity index (χ1n) is 7.58. The van der Waals surface area contributed by atoms with Gasteiger partial charge in [0.05, 0.1) is 24.0 Å². The lowest BCUT2D eigenvalue weighted by Gasteiger charge is -2.11. The zero-order valence-corrected chi connectivity index (χ0v) is 15.6. The van der Waals surface area contributed by atoms with E-state index >= 15 is 0 Å². The minimum absolute atomic E-state index is 0.0491. The second-order valence-electron chi connectivity index (χ2n) is 4.99. The van der Waals surface area contributed by atoms with Gasteiger partial charge in [-0.05, 0) is 6.42 Å². The number of aryl methyl sites for hydroxylation is 1. The fourth-order valence-electron chi connectivity index (χ4n) is 1.69. The van der Waals surface area contributed by atoms with E-state index in [1.807, 2.05) is 6.20 Å². The summed E-state index contributed by atoms with van der Waals surface area (Å²) in [5.74, 6) is 0.747. The van der Waals surface area contributed by atoms with Crippen LogP contribution < -0.4 is 10.6 Å². The molecule has 1 rings (SSSR count). The fraction of sp³-hybridized carbons (Fsp3) is 0.714. The van der Waals surface area contributed by atoms with Crippen LogP contribution in [0.4, 0.5) is 0 Å². The molecular formula is C14H26N4O3S2. The van der Waals surface area contributed by atoms with Gasteiger partial charge in [-0.1, -0.05) is 6.92 Å². The molecule has 0 amide bonds. The van der Waals surface area contributed by atoms with Crippen LogP contribution in [0.15, 0.2) is 11.2 Å². The monoisotopic (exact) mass is 362 g/mol. The molecule has 0 saturated heterocycles. The van der Waals surface area contributed by atoms with Crippen LogP contribution in [-0.2, 0) is 27.4 Å². The smallest absolute Gasteiger partial charge is 0.191 e. The highest BCUT2D eigenvalue weighted by Crippen LogP contribution is 2.13. The third-order valence-corrected chi connectivity index (χ3v) is 5.05. The van der Waals surface area contributed by atoms with Crippen LogP contribution >= 0.6 is 11.3 Å². The summed E-state index contributed by atoms with van der Waals surface area (Å²) < 4.78 is 27.2. The molecule has 0 fully saturated rings. The topological polar surface area (TPSA) is 92.7 Å². The van der Waals surface area contributed by atoms with Crippen LogP contribution in [0.1, 0.15) is 16.8 Å². The number of aromatic nitrogens is 1. The van der Waals surface area contributed by atoms with Gasteiger partial charge in [0.15, 0.2) is 5.96 Å². The van der Waals surface area contributed by atoms with Gasteiger partial charge in [-0.3, -0.25) is 4.99 Å². The van der Waals surface area contributed by atoms with E-state index < -0.39 is 9.84 Å². The van der Waals surface area contributed by atoms with Crippen LogP contribution in [-0.4, -0.2) is 64.7 Å². The summed E-state index contributed by atoms with van der Waals surface area (Å²) in [6.45, 7) is 4.10. The lowest BCUT2D eigenvalue weighted by Crippen LogP contribution is -2.39. The molecule has 0 unspecified atom stereocenters. The van der Waals surface area contributed by atoms with Gasteiger partial charge >= 0.3 is 0 Å². The number of hydrogen-bond acceptors (Lipinski definition) is 6. The highest BCUT2D eigenvalue weighted by Gasteiger charge is 2.03. The maximum atomic E-state index is 10.9. The van der Waals surface area contributed by atoms with Crippen molar-refractivity contribution in [1.82, 2.24) is 15.6 Å². The summed E-state index contributed by atoms with van der Waals surface area (Å²) in [4.78, 5) is 9.80. The number of hydrogen-bond donors (Lipinski definition) is 2. The van der Waals surface area contributed by atoms with Crippen LogP contribution in [0.5, 0.6) is 0 Å². The molecule has 9 heteroatoms. The first-order chi connectivity index (χ1) is 10.9. The van der Waals surface area contributed by atoms with Crippen molar-refractivity contribution in [2.75, 3.05) is 45.4 Å². The maximum absolute atomic E-state index is 10.9. The van der Waals surface area contributed by atoms with Crippen molar-refractivity contribution in [2.45, 2.75) is 19.8 Å². The van der Waals surface area contributed by atoms with Gasteiger partial charge in [-0.15, -0.1) is 11.3 Å². The summed E-state index contributed by atoms with van der Waals surface area (Å²) in [5.41, 5.74) is 0. The number of aliphatic imine (C=N–C) groups is 1. The first-order valence-corrected chi connectivity index (χ1v) is 10.5. The van der Waals surface area contributed by atoms with E-state index in [0.29, 0.717) is 19.1 Å². The molecule has 23 heavy (non-hydrogen) atoms. The molecule has 0 aliphatic carbocycles. The molecule has 0 saturated carbocycles. The zero-order chi connectivity index (χ0) is 17.1. The summed E-state index contributed by atoms with van der Waals surface area (Å²) in [6, 6.07) is 0. The predicted molar refractivity (Wildman–Crippen MR) is 95.1 cm³/mol. The number of nitrogens with zero attached hydrogens (tertiary/aromatic N) is 2. The van der Waals surface area contributed by atoms with Gasteiger partial charge in [-0.25, -0.2) is 13.4 Å². The molecule has 7 nitrogen and oxygen atoms in total. The molecule has 2 N–H and O–H groups in total. The van der Waals surface area contributed by atoms with Crippen LogP contribution in [0.2, 0.25) is 0 Å². The Morgan fingerprint density at radius 3 is 2.70 bits per heavy atom. The fourth-order valence-corrected chi connectivity index (χ4v) is 2.97. The van der Waals surface area contributed by atoms with Crippen LogP contribution in [0.25, 0.3) is 0 Å². The Balaban J connectivity index is 2.12. The van der Waals surface area contributed by atoms with Crippen LogP contribution in [0, 0.1) is 0 Å². The minimum Gasteiger partial charge on any atom is -0.379 e. The second-order valence-corrected chi connectivity index (χ2v) is 8.45. The van der Waals surface area contributed by atoms with Gasteiger partial charge in [0.2, 0.25) is 0 Å². The Morgan fingerprint density at radius 1 is 1.35 bits per heavy atom. The van der Waals surface area contributed by atoms with E-state index in [1.54, 1.807) is 18.4 Å². The molecular weight excluding hydrogens is 336 g/mol. The molecule has 0 aliphatic heterocycles. The highest BCUT2D eigenvalue weighted by atomic mass is 32.2. The molecule has 0 spiro atoms. The number of rotatable bonds is 10. The summed E-state index contributed by atoms with van der Waals surface area (Å²) in [5, 5.41) is 7.45. The predicted octanol–water partition coefficient (Wildman–Crippen LogP) is 0.474. The second kappa shape index (κ2) is 10.6. The Morgan fingerprint density at radius 2 is 2.09 bits per heavy atom. The van der Waals surface area contributed by atoms with Crippen molar-refractivity contribution < 1.29 is 13.2 Å². The van der Waals surface area contributed by atoms with E-state index in [2.05, 4.69) is 27.5 Å². The van der Waals surface area contributed by atoms with Crippen molar-refractivity contribution in [2.24, 2.45) is 4.99 Å². The molecule has 0 radical (unpaired) electrons. The third kappa shape index (κ3) is 9.52. The molecule has 1 aromatic rings. The van der Waals surface area contributed by atoms with Crippen molar-refractivity contribution >= 4 is 27.1 Å². The number of ether oxygens (including phenoxy) is 1. The zero-order valence-electron chi connectivity index (χ0n) is 14.0. The summed E-state index contributed by atoms with van der Waals surface area (Å²) in [6.07, 6.45) is 5.01. The van der Waals surface area contributed by atoms with E-state index in [4.69, 9.17) is 4.74 Å². The van der Waals surface area contributed by atoms with E-state index in [-0.39, 0.29) is 12.4 Å². The van der Waals surface area contributed by atoms with Gasteiger partial charge in [0.25, 0.3) is 0 Å². The molecule has 1 heterocycles. The minimum atomic E-state index is -2.96. The van der Waals surface area contributed by atoms with E-state index in [1.165, 1.54) is 11.1 Å². The molecule has 0 atom stereocenters. The summed E-state index contributed by atoms with van der Waals surface area (Å²) in [7, 11) is -1.25. The third-order valence-electron chi connectivity index (χ3n) is 2.94. The number of sulfone groups is 1. The molecule has 132 valence electrons. The Hall–Kier alpha value is -1.19. The number of thiazole rings is 1. The number of nitrogens with one attached hydrogen (secondary N) is 2. The molecule has 0 aromatic carbocycles. The lowest BCUT2D eigenvalue weighted by molar-refractivity contribution is 0.154. The van der Waals surface area contributed by atoms with Crippen molar-refractivity contribution in [3.8, 4) is 0 Å². The number of guanidine groups is 1. The summed E-state index contributed by atoms with van der Waals surface area (Å²) >= 11 is 1.74. The Bertz CT molecular complexity index is 585. The van der Waals surface area contributed by atoms with Gasteiger partial charge in [-0.2, -0.15) is 0 Å². The highest BCUT2D eigenvalue weighted by molar-refractivity contribution is 7.90. The maximum Gasteiger partial charge on any atom is 0.191 e. The first kappa shape index (κ1) is 19.9. The quantitative estimate of drug-likeness (QED) is 0.357. The SMILES string of the molecule is CCc1cnc(CCNC(=NC)NCCOCCS(C)(=O)=O)s1. The molecule has 0 bridgehead atoms. The standard InChI is InChI=1S/C14H26N4O3S2/c1-4-12-11-18-13(22-12)5-6-16-14(15-2)17-7-8-21-9-10-23(3,19)20/h11H,4-10H2,1-3H3,(H2,15,16,17). The largest absolute Gasteiger partial charge is 0.379 e. The van der Waals surface area contributed by atoms with Gasteiger partial charge in [0.1, 0.15) is 9.84 Å². The Labute approximate surface area is 142 Å². The van der Waals surface area contributed by atoms with Crippen molar-refractivity contribution in [1.29, 1.82) is 0 Å². The van der Waals surface area contributed by atoms with Crippen LogP contribution in [0.3, 0.4) is 0 Å². The molecule has 1 aromatic heterocycles. The van der Waals surface area contributed by atoms with Crippen molar-refractivity contribution in [3.05, 3.63) is 16.1 Å². The van der Waals surface area contributed by atoms with Crippen molar-refractivity contribution in [3.63, 3.8) is 0 Å². The van der Waals surface area contributed by atoms with E-state index in [0.717, 1.165) is 24.4 Å².